The highest BCUT2D eigenvalue weighted by molar-refractivity contribution is 5.33. The highest BCUT2D eigenvalue weighted by atomic mass is 19.1. The number of nitriles is 1. The van der Waals surface area contributed by atoms with Crippen LogP contribution >= 0.6 is 0 Å². The Bertz CT molecular complexity index is 501. The third kappa shape index (κ3) is 4.80. The van der Waals surface area contributed by atoms with Crippen LogP contribution in [0.2, 0.25) is 0 Å². The van der Waals surface area contributed by atoms with Gasteiger partial charge in [0, 0.05) is 31.2 Å². The minimum absolute atomic E-state index is 0.220. The summed E-state index contributed by atoms with van der Waals surface area (Å²) in [5, 5.41) is 12.5. The van der Waals surface area contributed by atoms with Gasteiger partial charge in [0.1, 0.15) is 5.82 Å². The van der Waals surface area contributed by atoms with Crippen molar-refractivity contribution in [1.29, 1.82) is 5.26 Å². The van der Waals surface area contributed by atoms with Gasteiger partial charge in [-0.05, 0) is 43.5 Å². The number of benzene rings is 1. The van der Waals surface area contributed by atoms with E-state index in [0.29, 0.717) is 29.6 Å². The molecule has 1 fully saturated rings. The number of nitrogens with zero attached hydrogens (tertiary/aromatic N) is 2. The van der Waals surface area contributed by atoms with Crippen molar-refractivity contribution in [2.75, 3.05) is 19.6 Å². The monoisotopic (exact) mass is 289 g/mol. The van der Waals surface area contributed by atoms with Gasteiger partial charge in [-0.2, -0.15) is 5.26 Å². The Morgan fingerprint density at radius 1 is 1.48 bits per heavy atom. The second kappa shape index (κ2) is 7.53. The molecule has 0 aliphatic carbocycles. The van der Waals surface area contributed by atoms with E-state index < -0.39 is 0 Å². The van der Waals surface area contributed by atoms with Crippen LogP contribution in [0.4, 0.5) is 4.39 Å². The molecule has 4 heteroatoms. The first-order valence-electron chi connectivity index (χ1n) is 7.72. The zero-order valence-electron chi connectivity index (χ0n) is 12.9. The number of halogens is 1. The molecule has 1 N–H and O–H groups in total. The van der Waals surface area contributed by atoms with Gasteiger partial charge in [-0.15, -0.1) is 0 Å². The standard InChI is InChI=1S/C17H24FN3/c1-13(2)10-21(12-16-4-3-7-20-16)11-15-8-14(9-19)5-6-17(15)18/h5-6,8,13,16,20H,3-4,7,10-12H2,1-2H3. The van der Waals surface area contributed by atoms with Crippen molar-refractivity contribution in [1.82, 2.24) is 10.2 Å². The topological polar surface area (TPSA) is 39.1 Å². The van der Waals surface area contributed by atoms with Gasteiger partial charge in [0.2, 0.25) is 0 Å². The fourth-order valence-corrected chi connectivity index (χ4v) is 2.95. The van der Waals surface area contributed by atoms with E-state index in [1.807, 2.05) is 0 Å². The quantitative estimate of drug-likeness (QED) is 0.875. The first kappa shape index (κ1) is 15.9. The van der Waals surface area contributed by atoms with Gasteiger partial charge in [-0.3, -0.25) is 4.90 Å². The summed E-state index contributed by atoms with van der Waals surface area (Å²) < 4.78 is 14.0. The smallest absolute Gasteiger partial charge is 0.127 e. The average molecular weight is 289 g/mol. The minimum atomic E-state index is -0.220. The van der Waals surface area contributed by atoms with Crippen molar-refractivity contribution in [3.8, 4) is 6.07 Å². The summed E-state index contributed by atoms with van der Waals surface area (Å²) in [5.74, 6) is 0.316. The van der Waals surface area contributed by atoms with E-state index in [1.165, 1.54) is 25.0 Å². The molecule has 1 aliphatic heterocycles. The molecule has 1 aromatic rings. The first-order chi connectivity index (χ1) is 10.1. The lowest BCUT2D eigenvalue weighted by atomic mass is 10.1. The Labute approximate surface area is 126 Å². The average Bonchev–Trinajstić information content (AvgIpc) is 2.93. The summed E-state index contributed by atoms with van der Waals surface area (Å²) in [6.07, 6.45) is 2.41. The maximum absolute atomic E-state index is 14.0. The third-order valence-corrected chi connectivity index (χ3v) is 3.83. The molecular formula is C17H24FN3. The molecule has 1 aliphatic rings. The van der Waals surface area contributed by atoms with Gasteiger partial charge in [-0.25, -0.2) is 4.39 Å². The molecule has 2 rings (SSSR count). The summed E-state index contributed by atoms with van der Waals surface area (Å²) >= 11 is 0. The fraction of sp³-hybridized carbons (Fsp3) is 0.588. The van der Waals surface area contributed by atoms with Gasteiger partial charge >= 0.3 is 0 Å². The lowest BCUT2D eigenvalue weighted by molar-refractivity contribution is 0.213. The lowest BCUT2D eigenvalue weighted by Gasteiger charge is -2.27. The number of rotatable bonds is 6. The number of hydrogen-bond acceptors (Lipinski definition) is 3. The van der Waals surface area contributed by atoms with Crippen LogP contribution in [0.15, 0.2) is 18.2 Å². The van der Waals surface area contributed by atoms with Gasteiger partial charge in [-0.1, -0.05) is 13.8 Å². The molecule has 114 valence electrons. The molecule has 1 heterocycles. The molecule has 1 unspecified atom stereocenters. The Morgan fingerprint density at radius 2 is 2.29 bits per heavy atom. The summed E-state index contributed by atoms with van der Waals surface area (Å²) in [7, 11) is 0. The molecule has 1 aromatic carbocycles. The molecule has 0 saturated carbocycles. The summed E-state index contributed by atoms with van der Waals surface area (Å²) in [6, 6.07) is 7.19. The van der Waals surface area contributed by atoms with E-state index in [2.05, 4.69) is 30.1 Å². The molecule has 1 saturated heterocycles. The highest BCUT2D eigenvalue weighted by Crippen LogP contribution is 2.16. The predicted molar refractivity (Wildman–Crippen MR) is 82.3 cm³/mol. The van der Waals surface area contributed by atoms with E-state index in [-0.39, 0.29) is 5.82 Å². The van der Waals surface area contributed by atoms with E-state index in [1.54, 1.807) is 6.07 Å². The molecule has 0 radical (unpaired) electrons. The van der Waals surface area contributed by atoms with Crippen molar-refractivity contribution in [3.63, 3.8) is 0 Å². The normalized spacial score (nSPS) is 18.4. The maximum atomic E-state index is 14.0. The Balaban J connectivity index is 2.08. The molecule has 0 aromatic heterocycles. The van der Waals surface area contributed by atoms with E-state index >= 15 is 0 Å². The van der Waals surface area contributed by atoms with Crippen LogP contribution in [0.25, 0.3) is 0 Å². The van der Waals surface area contributed by atoms with Crippen molar-refractivity contribution in [2.45, 2.75) is 39.3 Å². The van der Waals surface area contributed by atoms with Crippen molar-refractivity contribution in [3.05, 3.63) is 35.1 Å². The summed E-state index contributed by atoms with van der Waals surface area (Å²) in [6.45, 7) is 7.88. The molecule has 21 heavy (non-hydrogen) atoms. The van der Waals surface area contributed by atoms with Crippen LogP contribution < -0.4 is 5.32 Å². The van der Waals surface area contributed by atoms with Crippen LogP contribution in [-0.2, 0) is 6.54 Å². The van der Waals surface area contributed by atoms with Gasteiger partial charge in [0.15, 0.2) is 0 Å². The van der Waals surface area contributed by atoms with E-state index in [0.717, 1.165) is 19.6 Å². The molecule has 0 bridgehead atoms. The minimum Gasteiger partial charge on any atom is -0.313 e. The third-order valence-electron chi connectivity index (χ3n) is 3.83. The molecular weight excluding hydrogens is 265 g/mol. The zero-order valence-corrected chi connectivity index (χ0v) is 12.9. The highest BCUT2D eigenvalue weighted by Gasteiger charge is 2.19. The van der Waals surface area contributed by atoms with Crippen molar-refractivity contribution in [2.24, 2.45) is 5.92 Å². The van der Waals surface area contributed by atoms with E-state index in [4.69, 9.17) is 5.26 Å². The van der Waals surface area contributed by atoms with Gasteiger partial charge in [0.05, 0.1) is 11.6 Å². The van der Waals surface area contributed by atoms with Crippen LogP contribution in [0.5, 0.6) is 0 Å². The molecule has 1 atom stereocenters. The predicted octanol–water partition coefficient (Wildman–Crippen LogP) is 2.91. The van der Waals surface area contributed by atoms with Crippen LogP contribution in [-0.4, -0.2) is 30.6 Å². The molecule has 0 spiro atoms. The number of nitrogens with one attached hydrogen (secondary N) is 1. The fourth-order valence-electron chi connectivity index (χ4n) is 2.95. The largest absolute Gasteiger partial charge is 0.313 e. The van der Waals surface area contributed by atoms with Gasteiger partial charge < -0.3 is 5.32 Å². The SMILES string of the molecule is CC(C)CN(Cc1cc(C#N)ccc1F)CC1CCCN1. The lowest BCUT2D eigenvalue weighted by Crippen LogP contribution is -2.39. The van der Waals surface area contributed by atoms with Crippen LogP contribution in [0, 0.1) is 23.1 Å². The van der Waals surface area contributed by atoms with Crippen molar-refractivity contribution < 1.29 is 4.39 Å². The Kier molecular flexibility index (Phi) is 5.72. The Morgan fingerprint density at radius 3 is 2.90 bits per heavy atom. The first-order valence-corrected chi connectivity index (χ1v) is 7.72. The van der Waals surface area contributed by atoms with Crippen LogP contribution in [0.3, 0.4) is 0 Å². The van der Waals surface area contributed by atoms with Gasteiger partial charge in [0.25, 0.3) is 0 Å². The van der Waals surface area contributed by atoms with Crippen molar-refractivity contribution >= 4 is 0 Å². The molecule has 3 nitrogen and oxygen atoms in total. The van der Waals surface area contributed by atoms with E-state index in [9.17, 15) is 4.39 Å². The zero-order chi connectivity index (χ0) is 15.2. The summed E-state index contributed by atoms with van der Waals surface area (Å²) in [5.41, 5.74) is 1.14. The maximum Gasteiger partial charge on any atom is 0.127 e. The van der Waals surface area contributed by atoms with Crippen LogP contribution in [0.1, 0.15) is 37.8 Å². The second-order valence-corrected chi connectivity index (χ2v) is 6.30. The summed E-state index contributed by atoms with van der Waals surface area (Å²) in [4.78, 5) is 2.30. The number of hydrogen-bond donors (Lipinski definition) is 1. The Hall–Kier alpha value is -1.44. The molecule has 0 amide bonds. The second-order valence-electron chi connectivity index (χ2n) is 6.30.